The topological polar surface area (TPSA) is 52.6 Å². The van der Waals surface area contributed by atoms with Crippen molar-refractivity contribution in [2.45, 2.75) is 31.9 Å². The van der Waals surface area contributed by atoms with Crippen molar-refractivity contribution in [2.75, 3.05) is 19.6 Å². The molecule has 4 nitrogen and oxygen atoms in total. The maximum Gasteiger partial charge on any atom is 0.230 e. The number of carbonyl (C=O) groups is 1. The number of hydrogen-bond acceptors (Lipinski definition) is 3. The van der Waals surface area contributed by atoms with Gasteiger partial charge in [-0.2, -0.15) is 0 Å². The molecule has 2 aliphatic rings. The molecule has 24 heavy (non-hydrogen) atoms. The molecule has 0 unspecified atom stereocenters. The molecule has 0 aromatic heterocycles. The number of hydrogen-bond donors (Lipinski definition) is 2. The van der Waals surface area contributed by atoms with Crippen molar-refractivity contribution in [3.05, 3.63) is 48.0 Å². The fourth-order valence-electron chi connectivity index (χ4n) is 4.33. The SMILES string of the molecule is O=C1NCCC[C@]12CN(Cc1cccc3ccccc13)CC[C@@H]2O. The summed E-state index contributed by atoms with van der Waals surface area (Å²) in [5.74, 6) is 0.0314. The summed E-state index contributed by atoms with van der Waals surface area (Å²) < 4.78 is 0. The predicted octanol–water partition coefficient (Wildman–Crippen LogP) is 2.30. The second-order valence-electron chi connectivity index (χ2n) is 7.17. The third-order valence-corrected chi connectivity index (χ3v) is 5.67. The Morgan fingerprint density at radius 3 is 2.92 bits per heavy atom. The van der Waals surface area contributed by atoms with Gasteiger partial charge in [-0.25, -0.2) is 0 Å². The van der Waals surface area contributed by atoms with E-state index in [0.717, 1.165) is 32.5 Å². The van der Waals surface area contributed by atoms with Crippen LogP contribution >= 0.6 is 0 Å². The van der Waals surface area contributed by atoms with Crippen molar-refractivity contribution in [3.8, 4) is 0 Å². The number of carbonyl (C=O) groups excluding carboxylic acids is 1. The Balaban J connectivity index is 1.59. The Labute approximate surface area is 142 Å². The van der Waals surface area contributed by atoms with Crippen LogP contribution in [0.5, 0.6) is 0 Å². The maximum atomic E-state index is 12.5. The van der Waals surface area contributed by atoms with E-state index in [2.05, 4.69) is 52.7 Å². The Hall–Kier alpha value is -1.91. The molecule has 2 aliphatic heterocycles. The van der Waals surface area contributed by atoms with E-state index in [-0.39, 0.29) is 5.91 Å². The fourth-order valence-corrected chi connectivity index (χ4v) is 4.33. The summed E-state index contributed by atoms with van der Waals surface area (Å²) in [5.41, 5.74) is 0.664. The van der Waals surface area contributed by atoms with E-state index in [0.29, 0.717) is 13.0 Å². The van der Waals surface area contributed by atoms with E-state index >= 15 is 0 Å². The molecule has 1 amide bonds. The smallest absolute Gasteiger partial charge is 0.230 e. The van der Waals surface area contributed by atoms with Gasteiger partial charge in [-0.15, -0.1) is 0 Å². The molecule has 2 N–H and O–H groups in total. The van der Waals surface area contributed by atoms with Gasteiger partial charge in [0.15, 0.2) is 0 Å². The van der Waals surface area contributed by atoms with Gasteiger partial charge in [-0.1, -0.05) is 42.5 Å². The van der Waals surface area contributed by atoms with Crippen molar-refractivity contribution < 1.29 is 9.90 Å². The first-order valence-corrected chi connectivity index (χ1v) is 8.84. The lowest BCUT2D eigenvalue weighted by Gasteiger charge is -2.47. The molecule has 1 spiro atoms. The number of aliphatic hydroxyl groups excluding tert-OH is 1. The lowest BCUT2D eigenvalue weighted by atomic mass is 9.71. The van der Waals surface area contributed by atoms with Gasteiger partial charge >= 0.3 is 0 Å². The second kappa shape index (κ2) is 6.19. The number of rotatable bonds is 2. The average Bonchev–Trinajstić information content (AvgIpc) is 2.61. The van der Waals surface area contributed by atoms with Gasteiger partial charge in [-0.05, 0) is 35.6 Å². The normalized spacial score (nSPS) is 28.2. The van der Waals surface area contributed by atoms with Crippen molar-refractivity contribution >= 4 is 16.7 Å². The van der Waals surface area contributed by atoms with Crippen LogP contribution in [0.3, 0.4) is 0 Å². The lowest BCUT2D eigenvalue weighted by Crippen LogP contribution is -2.61. The Bertz CT molecular complexity index is 755. The molecular formula is C20H24N2O2. The number of piperidine rings is 2. The van der Waals surface area contributed by atoms with E-state index in [1.54, 1.807) is 0 Å². The van der Waals surface area contributed by atoms with E-state index in [1.165, 1.54) is 16.3 Å². The minimum absolute atomic E-state index is 0.0314. The highest BCUT2D eigenvalue weighted by Crippen LogP contribution is 2.38. The number of nitrogens with zero attached hydrogens (tertiary/aromatic N) is 1. The first kappa shape index (κ1) is 15.6. The van der Waals surface area contributed by atoms with Gasteiger partial charge in [0.2, 0.25) is 5.91 Å². The van der Waals surface area contributed by atoms with E-state index in [9.17, 15) is 9.90 Å². The first-order valence-electron chi connectivity index (χ1n) is 8.84. The van der Waals surface area contributed by atoms with Gasteiger partial charge in [0, 0.05) is 26.2 Å². The second-order valence-corrected chi connectivity index (χ2v) is 7.17. The average molecular weight is 324 g/mol. The van der Waals surface area contributed by atoms with E-state index in [1.807, 2.05) is 0 Å². The number of fused-ring (bicyclic) bond motifs is 1. The molecule has 2 heterocycles. The largest absolute Gasteiger partial charge is 0.392 e. The number of likely N-dealkylation sites (tertiary alicyclic amines) is 1. The number of benzene rings is 2. The molecule has 2 atom stereocenters. The van der Waals surface area contributed by atoms with Gasteiger partial charge in [-0.3, -0.25) is 9.69 Å². The summed E-state index contributed by atoms with van der Waals surface area (Å²) in [7, 11) is 0. The zero-order valence-corrected chi connectivity index (χ0v) is 13.9. The van der Waals surface area contributed by atoms with Crippen LogP contribution in [0.25, 0.3) is 10.8 Å². The van der Waals surface area contributed by atoms with E-state index in [4.69, 9.17) is 0 Å². The third-order valence-electron chi connectivity index (χ3n) is 5.67. The highest BCUT2D eigenvalue weighted by Gasteiger charge is 2.49. The molecule has 2 fully saturated rings. The molecule has 0 saturated carbocycles. The molecule has 2 aromatic rings. The molecule has 126 valence electrons. The fraction of sp³-hybridized carbons (Fsp3) is 0.450. The van der Waals surface area contributed by atoms with Gasteiger partial charge < -0.3 is 10.4 Å². The Morgan fingerprint density at radius 2 is 2.04 bits per heavy atom. The minimum Gasteiger partial charge on any atom is -0.392 e. The van der Waals surface area contributed by atoms with Gasteiger partial charge in [0.1, 0.15) is 0 Å². The van der Waals surface area contributed by atoms with Crippen LogP contribution in [0.4, 0.5) is 0 Å². The Kier molecular flexibility index (Phi) is 4.02. The summed E-state index contributed by atoms with van der Waals surface area (Å²) in [4.78, 5) is 14.8. The maximum absolute atomic E-state index is 12.5. The summed E-state index contributed by atoms with van der Waals surface area (Å²) in [6.07, 6.45) is 1.87. The first-order chi connectivity index (χ1) is 11.7. The predicted molar refractivity (Wildman–Crippen MR) is 94.5 cm³/mol. The van der Waals surface area contributed by atoms with Crippen molar-refractivity contribution in [1.82, 2.24) is 10.2 Å². The summed E-state index contributed by atoms with van der Waals surface area (Å²) in [6, 6.07) is 14.8. The minimum atomic E-state index is -0.624. The quantitative estimate of drug-likeness (QED) is 0.891. The zero-order chi connectivity index (χ0) is 16.6. The summed E-state index contributed by atoms with van der Waals surface area (Å²) in [5, 5.41) is 16.0. The monoisotopic (exact) mass is 324 g/mol. The van der Waals surface area contributed by atoms with Gasteiger partial charge in [0.05, 0.1) is 11.5 Å². The molecule has 4 heteroatoms. The van der Waals surface area contributed by atoms with Crippen LogP contribution in [-0.4, -0.2) is 41.7 Å². The van der Waals surface area contributed by atoms with Crippen LogP contribution in [0, 0.1) is 5.41 Å². The molecule has 4 rings (SSSR count). The van der Waals surface area contributed by atoms with Crippen molar-refractivity contribution in [1.29, 1.82) is 0 Å². The van der Waals surface area contributed by atoms with Crippen molar-refractivity contribution in [2.24, 2.45) is 5.41 Å². The third kappa shape index (κ3) is 2.60. The standard InChI is InChI=1S/C20H24N2O2/c23-18-9-12-22(14-20(18)10-4-11-21-19(20)24)13-16-7-3-6-15-5-1-2-8-17(15)16/h1-3,5-8,18,23H,4,9-14H2,(H,21,24)/t18-,20+/m0/s1. The van der Waals surface area contributed by atoms with Crippen molar-refractivity contribution in [3.63, 3.8) is 0 Å². The molecule has 0 aliphatic carbocycles. The number of nitrogens with one attached hydrogen (secondary N) is 1. The van der Waals surface area contributed by atoms with Crippen LogP contribution < -0.4 is 5.32 Å². The van der Waals surface area contributed by atoms with Crippen LogP contribution in [-0.2, 0) is 11.3 Å². The molecule has 2 saturated heterocycles. The number of amides is 1. The van der Waals surface area contributed by atoms with Crippen LogP contribution in [0.1, 0.15) is 24.8 Å². The zero-order valence-electron chi connectivity index (χ0n) is 13.9. The Morgan fingerprint density at radius 1 is 1.21 bits per heavy atom. The van der Waals surface area contributed by atoms with Crippen LogP contribution in [0.2, 0.25) is 0 Å². The lowest BCUT2D eigenvalue weighted by molar-refractivity contribution is -0.149. The molecular weight excluding hydrogens is 300 g/mol. The van der Waals surface area contributed by atoms with E-state index < -0.39 is 11.5 Å². The highest BCUT2D eigenvalue weighted by atomic mass is 16.3. The van der Waals surface area contributed by atoms with Crippen LogP contribution in [0.15, 0.2) is 42.5 Å². The number of aliphatic hydroxyl groups is 1. The summed E-state index contributed by atoms with van der Waals surface area (Å²) >= 11 is 0. The summed E-state index contributed by atoms with van der Waals surface area (Å²) in [6.45, 7) is 3.03. The highest BCUT2D eigenvalue weighted by molar-refractivity contribution is 5.86. The van der Waals surface area contributed by atoms with Gasteiger partial charge in [0.25, 0.3) is 0 Å². The molecule has 0 radical (unpaired) electrons. The molecule has 2 aromatic carbocycles. The molecule has 0 bridgehead atoms.